The number of hydrogen-bond donors (Lipinski definition) is 1. The number of alkyl halides is 1. The SMILES string of the molecule is O=C(CCCl)NCC1Cc2ccccc2O1. The molecule has 0 bridgehead atoms. The third kappa shape index (κ3) is 2.67. The number of halogens is 1. The number of benzene rings is 1. The molecule has 1 N–H and O–H groups in total. The topological polar surface area (TPSA) is 38.3 Å². The van der Waals surface area contributed by atoms with Crippen LogP contribution in [0.3, 0.4) is 0 Å². The Balaban J connectivity index is 1.81. The standard InChI is InChI=1S/C12H14ClNO2/c13-6-5-12(15)14-8-10-7-9-3-1-2-4-11(9)16-10/h1-4,10H,5-8H2,(H,14,15). The summed E-state index contributed by atoms with van der Waals surface area (Å²) in [6.07, 6.45) is 1.27. The van der Waals surface area contributed by atoms with Crippen molar-refractivity contribution in [3.05, 3.63) is 29.8 Å². The molecule has 0 radical (unpaired) electrons. The summed E-state index contributed by atoms with van der Waals surface area (Å²) in [5.41, 5.74) is 1.21. The number of hydrogen-bond acceptors (Lipinski definition) is 2. The average Bonchev–Trinajstić information content (AvgIpc) is 2.69. The first-order valence-corrected chi connectivity index (χ1v) is 5.90. The minimum Gasteiger partial charge on any atom is -0.488 e. The normalized spacial score (nSPS) is 17.7. The maximum Gasteiger partial charge on any atom is 0.221 e. The zero-order chi connectivity index (χ0) is 11.4. The largest absolute Gasteiger partial charge is 0.488 e. The van der Waals surface area contributed by atoms with Crippen LogP contribution in [0.5, 0.6) is 5.75 Å². The molecular weight excluding hydrogens is 226 g/mol. The molecule has 4 heteroatoms. The van der Waals surface area contributed by atoms with Crippen LogP contribution < -0.4 is 10.1 Å². The molecule has 0 spiro atoms. The van der Waals surface area contributed by atoms with Gasteiger partial charge >= 0.3 is 0 Å². The molecule has 1 aromatic carbocycles. The van der Waals surface area contributed by atoms with Crippen molar-refractivity contribution in [1.82, 2.24) is 5.32 Å². The van der Waals surface area contributed by atoms with E-state index in [4.69, 9.17) is 16.3 Å². The summed E-state index contributed by atoms with van der Waals surface area (Å²) < 4.78 is 5.69. The number of carbonyl (C=O) groups is 1. The third-order valence-electron chi connectivity index (χ3n) is 2.56. The fourth-order valence-electron chi connectivity index (χ4n) is 1.77. The van der Waals surface area contributed by atoms with Crippen molar-refractivity contribution >= 4 is 17.5 Å². The number of para-hydroxylation sites is 1. The highest BCUT2D eigenvalue weighted by Gasteiger charge is 2.22. The van der Waals surface area contributed by atoms with Crippen LogP contribution in [0, 0.1) is 0 Å². The molecule has 1 atom stereocenters. The Morgan fingerprint density at radius 2 is 2.31 bits per heavy atom. The Bertz CT molecular complexity index is 356. The van der Waals surface area contributed by atoms with Gasteiger partial charge in [0.05, 0.1) is 6.54 Å². The molecule has 0 aromatic heterocycles. The fourth-order valence-corrected chi connectivity index (χ4v) is 1.94. The van der Waals surface area contributed by atoms with Crippen molar-refractivity contribution in [2.45, 2.75) is 18.9 Å². The molecule has 0 saturated heterocycles. The Kier molecular flexibility index (Phi) is 3.67. The van der Waals surface area contributed by atoms with E-state index >= 15 is 0 Å². The van der Waals surface area contributed by atoms with Crippen LogP contribution in [-0.4, -0.2) is 24.4 Å². The van der Waals surface area contributed by atoms with Gasteiger partial charge in [0, 0.05) is 18.7 Å². The molecule has 1 aliphatic rings. The van der Waals surface area contributed by atoms with Crippen molar-refractivity contribution in [2.75, 3.05) is 12.4 Å². The van der Waals surface area contributed by atoms with Gasteiger partial charge in [0.1, 0.15) is 11.9 Å². The summed E-state index contributed by atoms with van der Waals surface area (Å²) in [7, 11) is 0. The summed E-state index contributed by atoms with van der Waals surface area (Å²) in [5, 5.41) is 2.81. The maximum absolute atomic E-state index is 11.2. The Morgan fingerprint density at radius 3 is 3.06 bits per heavy atom. The molecule has 1 aromatic rings. The van der Waals surface area contributed by atoms with Crippen LogP contribution in [-0.2, 0) is 11.2 Å². The number of amides is 1. The van der Waals surface area contributed by atoms with E-state index in [-0.39, 0.29) is 12.0 Å². The maximum atomic E-state index is 11.2. The first-order valence-electron chi connectivity index (χ1n) is 5.37. The number of rotatable bonds is 4. The Hall–Kier alpha value is -1.22. The van der Waals surface area contributed by atoms with E-state index < -0.39 is 0 Å². The molecule has 1 amide bonds. The van der Waals surface area contributed by atoms with E-state index in [0.29, 0.717) is 18.8 Å². The van der Waals surface area contributed by atoms with Gasteiger partial charge in [-0.05, 0) is 11.6 Å². The lowest BCUT2D eigenvalue weighted by Crippen LogP contribution is -2.34. The predicted molar refractivity (Wildman–Crippen MR) is 62.9 cm³/mol. The number of ether oxygens (including phenoxy) is 1. The number of carbonyl (C=O) groups excluding carboxylic acids is 1. The number of nitrogens with one attached hydrogen (secondary N) is 1. The average molecular weight is 240 g/mol. The molecule has 2 rings (SSSR count). The first kappa shape index (κ1) is 11.3. The molecule has 1 unspecified atom stereocenters. The lowest BCUT2D eigenvalue weighted by atomic mass is 10.1. The lowest BCUT2D eigenvalue weighted by Gasteiger charge is -2.11. The van der Waals surface area contributed by atoms with E-state index in [0.717, 1.165) is 12.2 Å². The minimum atomic E-state index is -0.0189. The van der Waals surface area contributed by atoms with Crippen LogP contribution in [0.1, 0.15) is 12.0 Å². The van der Waals surface area contributed by atoms with Crippen molar-refractivity contribution in [2.24, 2.45) is 0 Å². The van der Waals surface area contributed by atoms with Crippen LogP contribution in [0.2, 0.25) is 0 Å². The second-order valence-corrected chi connectivity index (χ2v) is 4.17. The van der Waals surface area contributed by atoms with Crippen molar-refractivity contribution in [3.8, 4) is 5.75 Å². The predicted octanol–water partition coefficient (Wildman–Crippen LogP) is 1.74. The third-order valence-corrected chi connectivity index (χ3v) is 2.75. The monoisotopic (exact) mass is 239 g/mol. The van der Waals surface area contributed by atoms with Crippen LogP contribution in [0.25, 0.3) is 0 Å². The molecule has 1 aliphatic heterocycles. The van der Waals surface area contributed by atoms with Crippen LogP contribution >= 0.6 is 11.6 Å². The molecule has 0 fully saturated rings. The van der Waals surface area contributed by atoms with Crippen molar-refractivity contribution < 1.29 is 9.53 Å². The van der Waals surface area contributed by atoms with Gasteiger partial charge in [-0.3, -0.25) is 4.79 Å². The summed E-state index contributed by atoms with van der Waals surface area (Å²) >= 11 is 5.47. The summed E-state index contributed by atoms with van der Waals surface area (Å²) in [6.45, 7) is 0.546. The smallest absolute Gasteiger partial charge is 0.221 e. The highest BCUT2D eigenvalue weighted by molar-refractivity contribution is 6.18. The summed E-state index contributed by atoms with van der Waals surface area (Å²) in [6, 6.07) is 7.95. The highest BCUT2D eigenvalue weighted by atomic mass is 35.5. The highest BCUT2D eigenvalue weighted by Crippen LogP contribution is 2.27. The molecule has 16 heavy (non-hydrogen) atoms. The van der Waals surface area contributed by atoms with Gasteiger partial charge in [0.2, 0.25) is 5.91 Å². The molecule has 0 saturated carbocycles. The van der Waals surface area contributed by atoms with E-state index in [9.17, 15) is 4.79 Å². The van der Waals surface area contributed by atoms with Crippen LogP contribution in [0.4, 0.5) is 0 Å². The zero-order valence-electron chi connectivity index (χ0n) is 8.91. The van der Waals surface area contributed by atoms with E-state index in [2.05, 4.69) is 11.4 Å². The second kappa shape index (κ2) is 5.21. The van der Waals surface area contributed by atoms with Crippen molar-refractivity contribution in [3.63, 3.8) is 0 Å². The lowest BCUT2D eigenvalue weighted by molar-refractivity contribution is -0.121. The molecular formula is C12H14ClNO2. The van der Waals surface area contributed by atoms with E-state index in [1.165, 1.54) is 5.56 Å². The van der Waals surface area contributed by atoms with Gasteiger partial charge in [-0.1, -0.05) is 18.2 Å². The molecule has 3 nitrogen and oxygen atoms in total. The summed E-state index contributed by atoms with van der Waals surface area (Å²) in [4.78, 5) is 11.2. The fraction of sp³-hybridized carbons (Fsp3) is 0.417. The van der Waals surface area contributed by atoms with Crippen molar-refractivity contribution in [1.29, 1.82) is 0 Å². The van der Waals surface area contributed by atoms with E-state index in [1.54, 1.807) is 0 Å². The molecule has 0 aliphatic carbocycles. The zero-order valence-corrected chi connectivity index (χ0v) is 9.67. The van der Waals surface area contributed by atoms with Gasteiger partial charge in [0.15, 0.2) is 0 Å². The molecule has 1 heterocycles. The first-order chi connectivity index (χ1) is 7.79. The second-order valence-electron chi connectivity index (χ2n) is 3.79. The van der Waals surface area contributed by atoms with Gasteiger partial charge in [-0.2, -0.15) is 0 Å². The van der Waals surface area contributed by atoms with Gasteiger partial charge < -0.3 is 10.1 Å². The summed E-state index contributed by atoms with van der Waals surface area (Å²) in [5.74, 6) is 1.27. The van der Waals surface area contributed by atoms with Gasteiger partial charge in [-0.25, -0.2) is 0 Å². The Morgan fingerprint density at radius 1 is 1.50 bits per heavy atom. The number of fused-ring (bicyclic) bond motifs is 1. The van der Waals surface area contributed by atoms with Gasteiger partial charge in [0.25, 0.3) is 0 Å². The van der Waals surface area contributed by atoms with E-state index in [1.807, 2.05) is 18.2 Å². The Labute approximate surface area is 99.7 Å². The quantitative estimate of drug-likeness (QED) is 0.813. The molecule has 86 valence electrons. The van der Waals surface area contributed by atoms with Gasteiger partial charge in [-0.15, -0.1) is 11.6 Å². The van der Waals surface area contributed by atoms with Crippen LogP contribution in [0.15, 0.2) is 24.3 Å². The minimum absolute atomic E-state index is 0.0189.